The summed E-state index contributed by atoms with van der Waals surface area (Å²) in [6.45, 7) is 21.9. The van der Waals surface area contributed by atoms with Gasteiger partial charge in [-0.3, -0.25) is 4.79 Å². The summed E-state index contributed by atoms with van der Waals surface area (Å²) in [5.41, 5.74) is 15.3. The summed E-state index contributed by atoms with van der Waals surface area (Å²) < 4.78 is 20.4. The minimum absolute atomic E-state index is 0. The molecule has 0 aliphatic carbocycles. The quantitative estimate of drug-likeness (QED) is 0.0203. The van der Waals surface area contributed by atoms with Gasteiger partial charge in [0.2, 0.25) is 0 Å². The monoisotopic (exact) mass is 1700 g/mol. The van der Waals surface area contributed by atoms with Gasteiger partial charge < -0.3 is 39.1 Å². The number of unbranched alkanes of at least 4 members (excludes halogenated alkanes) is 45. The smallest absolute Gasteiger partial charge is 0.493 e. The van der Waals surface area contributed by atoms with Crippen LogP contribution in [0.4, 0.5) is 0 Å². The normalized spacial score (nSPS) is 11.8. The number of aromatic nitrogens is 8. The summed E-state index contributed by atoms with van der Waals surface area (Å²) in [5.74, 6) is 3.95. The molecule has 0 saturated heterocycles. The molecule has 2 aliphatic heterocycles. The summed E-state index contributed by atoms with van der Waals surface area (Å²) in [4.78, 5) is 61.7. The minimum Gasteiger partial charge on any atom is -0.493 e. The van der Waals surface area contributed by atoms with Crippen LogP contribution in [0.3, 0.4) is 0 Å². The van der Waals surface area contributed by atoms with E-state index in [-0.39, 0.29) is 25.4 Å². The van der Waals surface area contributed by atoms with Crippen LogP contribution >= 0.6 is 0 Å². The van der Waals surface area contributed by atoms with Gasteiger partial charge in [0, 0.05) is 62.0 Å². The SMILES string of the molecule is CCCCCCCCCCc1ccc(CCCCCCCCCC)c2c1-c1nc3nc(nc4[n-]c(nc5[n-]c(nc-2n1)c1c(CCCCCCCCCC)ccc(CCCCCCCCCC)c51)c1c(OCCCC)c(CCCC(=O)OCCCC)cc(OCCCC)c41)-c1c(CCCCCCCCCC)ccc(CCCCCCCCCC)c1-3.[Zn+2]. The van der Waals surface area contributed by atoms with E-state index < -0.39 is 0 Å². The molecule has 5 heterocycles. The molecule has 121 heavy (non-hydrogen) atoms. The average molecular weight is 1710 g/mol. The topological polar surface area (TPSA) is 150 Å². The van der Waals surface area contributed by atoms with Crippen LogP contribution in [-0.4, -0.2) is 55.7 Å². The maximum atomic E-state index is 13.6. The van der Waals surface area contributed by atoms with Crippen molar-refractivity contribution in [3.05, 3.63) is 81.4 Å². The maximum absolute atomic E-state index is 13.6. The number of carbonyl (C=O) groups is 1. The molecular formula is C108H166N8O4Zn. The summed E-state index contributed by atoms with van der Waals surface area (Å²) in [7, 11) is 0. The molecule has 0 unspecified atom stereocenters. The number of nitrogens with zero attached hydrogens (tertiary/aromatic N) is 8. The first kappa shape index (κ1) is 100. The van der Waals surface area contributed by atoms with E-state index in [4.69, 9.17) is 54.1 Å². The van der Waals surface area contributed by atoms with Gasteiger partial charge in [-0.1, -0.05) is 388 Å². The molecule has 0 atom stereocenters. The molecule has 12 nitrogen and oxygen atoms in total. The summed E-state index contributed by atoms with van der Waals surface area (Å²) in [5, 5.41) is 3.67. The van der Waals surface area contributed by atoms with Gasteiger partial charge in [0.1, 0.15) is 11.5 Å². The number of aryl methyl sites for hydroxylation is 7. The van der Waals surface area contributed by atoms with Crippen molar-refractivity contribution in [3.63, 3.8) is 0 Å². The average Bonchev–Trinajstić information content (AvgIpc) is 1.58. The summed E-state index contributed by atoms with van der Waals surface area (Å²) in [6.07, 6.45) is 72.1. The molecule has 2 aliphatic rings. The Morgan fingerprint density at radius 1 is 0.256 bits per heavy atom. The zero-order valence-electron chi connectivity index (χ0n) is 78.6. The molecule has 664 valence electrons. The standard InChI is InChI=1S/C108H166N8O4.Zn/c1-10-19-28-34-40-46-52-58-65-83-73-74-84(66-59-53-47-41-35-29-20-11-2)93-92(83)101-109-102(93)111-104-95-86(68-61-55-49-43-37-31-22-13-4)76-78-88(70-63-57-51-45-39-33-24-15-6)97(95)106(113-104)115-108-99-98(90(118-79-25-16-7)82-89(100(99)120-81-27-18-9)71-64-72-91(117)119-80-26-17-8)107(116-108)114-105-96-87(69-62-56-50-44-38-32-23-14-5)77-75-85(94(96)103(110-101)112-105)67-60-54-48-42-36-30-21-12-3;/h73-78,82H,10-72,79-81H2,1-9H3;/q-2;+2. The first-order chi connectivity index (χ1) is 59.2. The molecule has 0 fully saturated rings. The Labute approximate surface area is 748 Å². The van der Waals surface area contributed by atoms with Gasteiger partial charge in [0.05, 0.1) is 31.5 Å². The third-order valence-electron chi connectivity index (χ3n) is 25.8. The van der Waals surface area contributed by atoms with Crippen molar-refractivity contribution in [2.75, 3.05) is 19.8 Å². The van der Waals surface area contributed by atoms with E-state index >= 15 is 0 Å². The van der Waals surface area contributed by atoms with E-state index in [0.717, 1.165) is 171 Å². The number of rotatable bonds is 69. The van der Waals surface area contributed by atoms with Crippen LogP contribution in [0.2, 0.25) is 0 Å². The summed E-state index contributed by atoms with van der Waals surface area (Å²) >= 11 is 0. The number of benzene rings is 4. The van der Waals surface area contributed by atoms with Crippen LogP contribution in [0.15, 0.2) is 42.5 Å². The predicted octanol–water partition coefficient (Wildman–Crippen LogP) is 32.2. The Hall–Kier alpha value is -6.07. The third kappa shape index (κ3) is 32.4. The zero-order valence-corrected chi connectivity index (χ0v) is 81.6. The molecule has 4 aromatic carbocycles. The molecule has 8 bridgehead atoms. The fourth-order valence-corrected chi connectivity index (χ4v) is 18.5. The van der Waals surface area contributed by atoms with E-state index in [9.17, 15) is 4.79 Å². The molecule has 3 aromatic heterocycles. The van der Waals surface area contributed by atoms with Gasteiger partial charge >= 0.3 is 25.4 Å². The van der Waals surface area contributed by atoms with E-state index in [1.165, 1.54) is 297 Å². The molecule has 0 radical (unpaired) electrons. The van der Waals surface area contributed by atoms with Crippen LogP contribution in [0.5, 0.6) is 11.5 Å². The Kier molecular flexibility index (Phi) is 49.6. The van der Waals surface area contributed by atoms with Crippen molar-refractivity contribution in [2.45, 2.75) is 467 Å². The number of hydrogen-bond donors (Lipinski definition) is 0. The van der Waals surface area contributed by atoms with Crippen molar-refractivity contribution in [1.82, 2.24) is 39.9 Å². The second-order valence-corrected chi connectivity index (χ2v) is 36.2. The molecule has 0 saturated carbocycles. The molecule has 0 spiro atoms. The van der Waals surface area contributed by atoms with Crippen molar-refractivity contribution < 1.29 is 38.5 Å². The van der Waals surface area contributed by atoms with Crippen LogP contribution in [-0.2, 0) is 74.0 Å². The van der Waals surface area contributed by atoms with Crippen molar-refractivity contribution >= 4 is 50.1 Å². The summed E-state index contributed by atoms with van der Waals surface area (Å²) in [6, 6.07) is 16.9. The number of fused-ring (bicyclic) bond motifs is 20. The third-order valence-corrected chi connectivity index (χ3v) is 25.8. The Morgan fingerprint density at radius 3 is 0.851 bits per heavy atom. The van der Waals surface area contributed by atoms with E-state index in [1.807, 2.05) is 0 Å². The Balaban J connectivity index is 0.0000182. The van der Waals surface area contributed by atoms with Crippen LogP contribution in [0.25, 0.3) is 89.7 Å². The fraction of sp³-hybridized carbons (Fsp3) is 0.694. The first-order valence-electron chi connectivity index (χ1n) is 51.0. The van der Waals surface area contributed by atoms with Gasteiger partial charge in [-0.15, -0.1) is 0 Å². The van der Waals surface area contributed by atoms with E-state index in [1.54, 1.807) is 0 Å². The minimum atomic E-state index is -0.170. The Bertz CT molecular complexity index is 4250. The number of esters is 1. The van der Waals surface area contributed by atoms with E-state index in [2.05, 4.69) is 105 Å². The van der Waals surface area contributed by atoms with Gasteiger partial charge in [0.25, 0.3) is 0 Å². The van der Waals surface area contributed by atoms with Crippen molar-refractivity contribution in [2.24, 2.45) is 0 Å². The number of hydrogen-bond acceptors (Lipinski definition) is 10. The number of ether oxygens (including phenoxy) is 3. The van der Waals surface area contributed by atoms with E-state index in [0.29, 0.717) is 96.5 Å². The van der Waals surface area contributed by atoms with Gasteiger partial charge in [-0.2, -0.15) is 0 Å². The van der Waals surface area contributed by atoms with Crippen molar-refractivity contribution in [3.8, 4) is 57.1 Å². The number of carbonyl (C=O) groups excluding carboxylic acids is 1. The molecule has 0 amide bonds. The maximum Gasteiger partial charge on any atom is 2.00 e. The largest absolute Gasteiger partial charge is 2.00 e. The van der Waals surface area contributed by atoms with Gasteiger partial charge in [0.15, 0.2) is 11.6 Å². The van der Waals surface area contributed by atoms with Gasteiger partial charge in [-0.25, -0.2) is 15.0 Å². The predicted molar refractivity (Wildman–Crippen MR) is 511 cm³/mol. The van der Waals surface area contributed by atoms with Crippen LogP contribution in [0, 0.1) is 0 Å². The molecule has 13 heteroatoms. The zero-order chi connectivity index (χ0) is 84.4. The second-order valence-electron chi connectivity index (χ2n) is 36.2. The van der Waals surface area contributed by atoms with Crippen LogP contribution in [0.1, 0.15) is 461 Å². The van der Waals surface area contributed by atoms with Crippen molar-refractivity contribution in [1.29, 1.82) is 0 Å². The second kappa shape index (κ2) is 59.8. The molecular weight excluding hydrogens is 1540 g/mol. The van der Waals surface area contributed by atoms with Gasteiger partial charge in [-0.05, 0) is 165 Å². The van der Waals surface area contributed by atoms with Crippen LogP contribution < -0.4 is 19.4 Å². The first-order valence-corrected chi connectivity index (χ1v) is 51.0. The molecule has 0 N–H and O–H groups in total. The molecule has 9 rings (SSSR count). The fourth-order valence-electron chi connectivity index (χ4n) is 18.5. The molecule has 7 aromatic rings. The Morgan fingerprint density at radius 2 is 0.512 bits per heavy atom.